The first-order valence-corrected chi connectivity index (χ1v) is 6.41. The Balaban J connectivity index is 2.34. The monoisotopic (exact) mass is 232 g/mol. The van der Waals surface area contributed by atoms with E-state index >= 15 is 0 Å². The van der Waals surface area contributed by atoms with Gasteiger partial charge in [-0.25, -0.2) is 4.98 Å². The summed E-state index contributed by atoms with van der Waals surface area (Å²) in [7, 11) is 0. The van der Waals surface area contributed by atoms with Crippen LogP contribution in [0.25, 0.3) is 11.0 Å². The van der Waals surface area contributed by atoms with Gasteiger partial charge >= 0.3 is 0 Å². The van der Waals surface area contributed by atoms with Crippen LogP contribution in [0.3, 0.4) is 0 Å². The number of aromatic nitrogens is 2. The predicted octanol–water partition coefficient (Wildman–Crippen LogP) is 2.76. The van der Waals surface area contributed by atoms with Gasteiger partial charge in [0.2, 0.25) is 0 Å². The van der Waals surface area contributed by atoms with Crippen molar-refractivity contribution in [1.29, 1.82) is 0 Å². The topological polar surface area (TPSA) is 38.0 Å². The molecule has 0 aliphatic rings. The molecule has 0 unspecified atom stereocenters. The van der Waals surface area contributed by atoms with Crippen LogP contribution in [-0.2, 0) is 13.0 Å². The molecule has 1 heterocycles. The van der Waals surface area contributed by atoms with E-state index in [1.165, 1.54) is 18.4 Å². The fourth-order valence-electron chi connectivity index (χ4n) is 2.13. The van der Waals surface area contributed by atoms with E-state index in [2.05, 4.69) is 28.6 Å². The number of para-hydroxylation sites is 2. The zero-order chi connectivity index (χ0) is 12.1. The molecule has 1 aromatic carbocycles. The van der Waals surface area contributed by atoms with E-state index in [1.807, 2.05) is 12.1 Å². The summed E-state index contributed by atoms with van der Waals surface area (Å²) in [6.45, 7) is 3.29. The van der Waals surface area contributed by atoms with Crippen LogP contribution in [0.15, 0.2) is 24.3 Å². The van der Waals surface area contributed by atoms with Crippen LogP contribution in [0.2, 0.25) is 0 Å². The number of unbranched alkanes of at least 4 members (excludes halogenated alkanes) is 1. The zero-order valence-electron chi connectivity index (χ0n) is 10.4. The van der Waals surface area contributed by atoms with Gasteiger partial charge < -0.3 is 9.67 Å². The van der Waals surface area contributed by atoms with Crippen LogP contribution in [0, 0.1) is 0 Å². The van der Waals surface area contributed by atoms with E-state index in [-0.39, 0.29) is 6.61 Å². The Bertz CT molecular complexity index is 476. The lowest BCUT2D eigenvalue weighted by molar-refractivity contribution is 0.279. The Kier molecular flexibility index (Phi) is 4.15. The second-order valence-electron chi connectivity index (χ2n) is 4.35. The normalized spacial score (nSPS) is 11.2. The fraction of sp³-hybridized carbons (Fsp3) is 0.500. The van der Waals surface area contributed by atoms with E-state index < -0.39 is 0 Å². The molecule has 2 rings (SSSR count). The first-order valence-electron chi connectivity index (χ1n) is 6.41. The molecule has 0 atom stereocenters. The molecule has 0 bridgehead atoms. The smallest absolute Gasteiger partial charge is 0.109 e. The van der Waals surface area contributed by atoms with Gasteiger partial charge in [0.15, 0.2) is 0 Å². The molecule has 2 aromatic rings. The lowest BCUT2D eigenvalue weighted by atomic mass is 10.2. The van der Waals surface area contributed by atoms with Gasteiger partial charge in [0.25, 0.3) is 0 Å². The molecule has 0 aliphatic heterocycles. The van der Waals surface area contributed by atoms with Crippen molar-refractivity contribution < 1.29 is 5.11 Å². The van der Waals surface area contributed by atoms with E-state index in [1.54, 1.807) is 0 Å². The van der Waals surface area contributed by atoms with Crippen LogP contribution >= 0.6 is 0 Å². The largest absolute Gasteiger partial charge is 0.396 e. The molecule has 3 nitrogen and oxygen atoms in total. The van der Waals surface area contributed by atoms with E-state index in [0.717, 1.165) is 30.7 Å². The van der Waals surface area contributed by atoms with Crippen LogP contribution in [0.5, 0.6) is 0 Å². The van der Waals surface area contributed by atoms with Crippen molar-refractivity contribution in [2.75, 3.05) is 6.61 Å². The fourth-order valence-corrected chi connectivity index (χ4v) is 2.13. The molecule has 0 saturated heterocycles. The second kappa shape index (κ2) is 5.82. The van der Waals surface area contributed by atoms with Gasteiger partial charge in [0.1, 0.15) is 5.82 Å². The number of rotatable bonds is 6. The molecular formula is C14H20N2O. The summed E-state index contributed by atoms with van der Waals surface area (Å²) < 4.78 is 2.25. The summed E-state index contributed by atoms with van der Waals surface area (Å²) in [5.74, 6) is 1.15. The van der Waals surface area contributed by atoms with Crippen molar-refractivity contribution in [2.24, 2.45) is 0 Å². The van der Waals surface area contributed by atoms with Crippen LogP contribution in [0.4, 0.5) is 0 Å². The highest BCUT2D eigenvalue weighted by molar-refractivity contribution is 5.75. The third-order valence-corrected chi connectivity index (χ3v) is 3.03. The minimum atomic E-state index is 0.236. The molecule has 17 heavy (non-hydrogen) atoms. The third-order valence-electron chi connectivity index (χ3n) is 3.03. The lowest BCUT2D eigenvalue weighted by Crippen LogP contribution is -2.05. The summed E-state index contributed by atoms with van der Waals surface area (Å²) in [5, 5.41) is 8.97. The van der Waals surface area contributed by atoms with Gasteiger partial charge in [-0.2, -0.15) is 0 Å². The zero-order valence-corrected chi connectivity index (χ0v) is 10.4. The molecular weight excluding hydrogens is 212 g/mol. The van der Waals surface area contributed by atoms with Crippen molar-refractivity contribution in [3.63, 3.8) is 0 Å². The SMILES string of the molecule is CCCCc1nc2ccccc2n1CCCO. The molecule has 0 aliphatic carbocycles. The molecule has 0 spiro atoms. The Morgan fingerprint density at radius 3 is 2.82 bits per heavy atom. The van der Waals surface area contributed by atoms with Crippen LogP contribution in [-0.4, -0.2) is 21.3 Å². The van der Waals surface area contributed by atoms with Gasteiger partial charge in [-0.3, -0.25) is 0 Å². The number of hydrogen-bond donors (Lipinski definition) is 1. The standard InChI is InChI=1S/C14H20N2O/c1-2-3-9-14-15-12-7-4-5-8-13(12)16(14)10-6-11-17/h4-5,7-8,17H,2-3,6,9-11H2,1H3. The number of nitrogens with zero attached hydrogens (tertiary/aromatic N) is 2. The highest BCUT2D eigenvalue weighted by atomic mass is 16.3. The van der Waals surface area contributed by atoms with Gasteiger partial charge in [-0.05, 0) is 25.0 Å². The van der Waals surface area contributed by atoms with Crippen molar-refractivity contribution in [1.82, 2.24) is 9.55 Å². The predicted molar refractivity (Wildman–Crippen MR) is 70.0 cm³/mol. The van der Waals surface area contributed by atoms with Gasteiger partial charge in [-0.1, -0.05) is 25.5 Å². The Labute approximate surface area is 102 Å². The number of aliphatic hydroxyl groups excluding tert-OH is 1. The Hall–Kier alpha value is -1.35. The Morgan fingerprint density at radius 1 is 1.24 bits per heavy atom. The van der Waals surface area contributed by atoms with Gasteiger partial charge in [0, 0.05) is 19.6 Å². The molecule has 1 aromatic heterocycles. The maximum absolute atomic E-state index is 8.97. The first-order chi connectivity index (χ1) is 8.36. The van der Waals surface area contributed by atoms with Gasteiger partial charge in [-0.15, -0.1) is 0 Å². The van der Waals surface area contributed by atoms with Crippen LogP contribution < -0.4 is 0 Å². The minimum Gasteiger partial charge on any atom is -0.396 e. The number of aryl methyl sites for hydroxylation is 2. The van der Waals surface area contributed by atoms with E-state index in [0.29, 0.717) is 0 Å². The number of hydrogen-bond acceptors (Lipinski definition) is 2. The number of fused-ring (bicyclic) bond motifs is 1. The molecule has 0 amide bonds. The average molecular weight is 232 g/mol. The molecule has 1 N–H and O–H groups in total. The maximum atomic E-state index is 8.97. The summed E-state index contributed by atoms with van der Waals surface area (Å²) in [5.41, 5.74) is 2.25. The maximum Gasteiger partial charge on any atom is 0.109 e. The average Bonchev–Trinajstić information content (AvgIpc) is 2.71. The molecule has 0 fully saturated rings. The Morgan fingerprint density at radius 2 is 2.06 bits per heavy atom. The van der Waals surface area contributed by atoms with Crippen LogP contribution in [0.1, 0.15) is 32.0 Å². The lowest BCUT2D eigenvalue weighted by Gasteiger charge is -2.07. The molecule has 0 radical (unpaired) electrons. The molecule has 3 heteroatoms. The van der Waals surface area contributed by atoms with E-state index in [9.17, 15) is 0 Å². The van der Waals surface area contributed by atoms with Crippen molar-refractivity contribution in [3.05, 3.63) is 30.1 Å². The molecule has 92 valence electrons. The minimum absolute atomic E-state index is 0.236. The number of benzene rings is 1. The van der Waals surface area contributed by atoms with Gasteiger partial charge in [0.05, 0.1) is 11.0 Å². The van der Waals surface area contributed by atoms with Crippen molar-refractivity contribution in [3.8, 4) is 0 Å². The summed E-state index contributed by atoms with van der Waals surface area (Å²) in [6.07, 6.45) is 4.17. The van der Waals surface area contributed by atoms with E-state index in [4.69, 9.17) is 5.11 Å². The van der Waals surface area contributed by atoms with Crippen molar-refractivity contribution >= 4 is 11.0 Å². The van der Waals surface area contributed by atoms with Crippen molar-refractivity contribution in [2.45, 2.75) is 39.2 Å². The second-order valence-corrected chi connectivity index (χ2v) is 4.35. The molecule has 0 saturated carbocycles. The highest BCUT2D eigenvalue weighted by Gasteiger charge is 2.08. The summed E-state index contributed by atoms with van der Waals surface area (Å²) in [4.78, 5) is 4.68. The number of aliphatic hydroxyl groups is 1. The first kappa shape index (κ1) is 12.1. The summed E-state index contributed by atoms with van der Waals surface area (Å²) >= 11 is 0. The third kappa shape index (κ3) is 2.67. The summed E-state index contributed by atoms with van der Waals surface area (Å²) in [6, 6.07) is 8.23. The quantitative estimate of drug-likeness (QED) is 0.831. The number of imidazole rings is 1. The highest BCUT2D eigenvalue weighted by Crippen LogP contribution is 2.17.